The van der Waals surface area contributed by atoms with Crippen molar-refractivity contribution >= 4 is 23.2 Å². The standard InChI is InChI=1S/C26H26ClFN2O/c27-24-17-23(10-11-25(24)28)29-26(31)22-8-6-21(7-9-22)18-30-14-12-20(13-15-30)16-19-4-2-1-3-5-19/h1-11,17,20H,12-16,18H2,(H,29,31). The second-order valence-electron chi connectivity index (χ2n) is 8.19. The van der Waals surface area contributed by atoms with Crippen LogP contribution in [0.2, 0.25) is 5.02 Å². The molecule has 0 atom stereocenters. The van der Waals surface area contributed by atoms with Crippen molar-refractivity contribution in [3.8, 4) is 0 Å². The van der Waals surface area contributed by atoms with Gasteiger partial charge in [0, 0.05) is 17.8 Å². The summed E-state index contributed by atoms with van der Waals surface area (Å²) in [4.78, 5) is 14.9. The lowest BCUT2D eigenvalue weighted by atomic mass is 9.90. The molecule has 1 aliphatic heterocycles. The molecule has 1 saturated heterocycles. The Morgan fingerprint density at radius 3 is 2.35 bits per heavy atom. The molecule has 0 saturated carbocycles. The maximum absolute atomic E-state index is 13.3. The average Bonchev–Trinajstić information content (AvgIpc) is 2.79. The van der Waals surface area contributed by atoms with E-state index in [9.17, 15) is 9.18 Å². The molecule has 0 unspecified atom stereocenters. The zero-order valence-corrected chi connectivity index (χ0v) is 18.1. The minimum absolute atomic E-state index is 0.0133. The molecule has 3 nitrogen and oxygen atoms in total. The molecule has 3 aromatic rings. The van der Waals surface area contributed by atoms with E-state index in [0.29, 0.717) is 11.3 Å². The van der Waals surface area contributed by atoms with E-state index < -0.39 is 5.82 Å². The van der Waals surface area contributed by atoms with E-state index in [1.165, 1.54) is 42.2 Å². The van der Waals surface area contributed by atoms with Gasteiger partial charge >= 0.3 is 0 Å². The van der Waals surface area contributed by atoms with Crippen molar-refractivity contribution in [2.75, 3.05) is 18.4 Å². The van der Waals surface area contributed by atoms with E-state index in [4.69, 9.17) is 11.6 Å². The van der Waals surface area contributed by atoms with Gasteiger partial charge in [0.1, 0.15) is 5.82 Å². The lowest BCUT2D eigenvalue weighted by Gasteiger charge is -2.32. The molecule has 1 fully saturated rings. The Morgan fingerprint density at radius 1 is 0.968 bits per heavy atom. The van der Waals surface area contributed by atoms with Gasteiger partial charge in [-0.25, -0.2) is 4.39 Å². The number of piperidine rings is 1. The molecule has 3 aromatic carbocycles. The van der Waals surface area contributed by atoms with E-state index in [0.717, 1.165) is 32.0 Å². The van der Waals surface area contributed by atoms with E-state index in [-0.39, 0.29) is 10.9 Å². The lowest BCUT2D eigenvalue weighted by molar-refractivity contribution is 0.102. The van der Waals surface area contributed by atoms with Crippen LogP contribution in [0.4, 0.5) is 10.1 Å². The third-order valence-electron chi connectivity index (χ3n) is 5.87. The molecule has 1 heterocycles. The number of amides is 1. The van der Waals surface area contributed by atoms with E-state index in [1.807, 2.05) is 24.3 Å². The zero-order valence-electron chi connectivity index (χ0n) is 17.4. The number of anilines is 1. The van der Waals surface area contributed by atoms with Crippen molar-refractivity contribution in [2.24, 2.45) is 5.92 Å². The number of rotatable bonds is 6. The zero-order chi connectivity index (χ0) is 21.6. The minimum Gasteiger partial charge on any atom is -0.322 e. The van der Waals surface area contributed by atoms with Crippen molar-refractivity contribution in [3.63, 3.8) is 0 Å². The van der Waals surface area contributed by atoms with Gasteiger partial charge in [0.25, 0.3) is 5.91 Å². The maximum atomic E-state index is 13.3. The average molecular weight is 437 g/mol. The number of carbonyl (C=O) groups excluding carboxylic acids is 1. The number of benzene rings is 3. The molecule has 0 radical (unpaired) electrons. The van der Waals surface area contributed by atoms with Gasteiger partial charge in [0.05, 0.1) is 5.02 Å². The third kappa shape index (κ3) is 5.93. The predicted molar refractivity (Wildman–Crippen MR) is 124 cm³/mol. The van der Waals surface area contributed by atoms with Gasteiger partial charge in [-0.3, -0.25) is 9.69 Å². The van der Waals surface area contributed by atoms with Crippen LogP contribution in [0, 0.1) is 11.7 Å². The number of nitrogens with one attached hydrogen (secondary N) is 1. The molecule has 160 valence electrons. The number of hydrogen-bond acceptors (Lipinski definition) is 2. The Labute approximate surface area is 187 Å². The molecular formula is C26H26ClFN2O. The van der Waals surface area contributed by atoms with Crippen LogP contribution in [0.25, 0.3) is 0 Å². The molecule has 5 heteroatoms. The Hall–Kier alpha value is -2.69. The van der Waals surface area contributed by atoms with E-state index in [1.54, 1.807) is 0 Å². The SMILES string of the molecule is O=C(Nc1ccc(F)c(Cl)c1)c1ccc(CN2CCC(Cc3ccccc3)CC2)cc1. The van der Waals surface area contributed by atoms with E-state index >= 15 is 0 Å². The number of likely N-dealkylation sites (tertiary alicyclic amines) is 1. The lowest BCUT2D eigenvalue weighted by Crippen LogP contribution is -2.33. The van der Waals surface area contributed by atoms with Crippen LogP contribution in [0.1, 0.15) is 34.3 Å². The van der Waals surface area contributed by atoms with Gasteiger partial charge in [0.15, 0.2) is 0 Å². The molecule has 0 bridgehead atoms. The first-order valence-electron chi connectivity index (χ1n) is 10.7. The van der Waals surface area contributed by atoms with Gasteiger partial charge in [-0.2, -0.15) is 0 Å². The first-order valence-corrected chi connectivity index (χ1v) is 11.1. The summed E-state index contributed by atoms with van der Waals surface area (Å²) in [5, 5.41) is 2.74. The third-order valence-corrected chi connectivity index (χ3v) is 6.16. The smallest absolute Gasteiger partial charge is 0.255 e. The molecule has 4 rings (SSSR count). The first-order chi connectivity index (χ1) is 15.1. The predicted octanol–water partition coefficient (Wildman–Crippen LogP) is 6.19. The van der Waals surface area contributed by atoms with Crippen molar-refractivity contribution in [1.29, 1.82) is 0 Å². The molecule has 0 aromatic heterocycles. The molecule has 31 heavy (non-hydrogen) atoms. The number of hydrogen-bond donors (Lipinski definition) is 1. The molecule has 0 aliphatic carbocycles. The second kappa shape index (κ2) is 10.1. The molecule has 0 spiro atoms. The summed E-state index contributed by atoms with van der Waals surface area (Å²) < 4.78 is 13.3. The van der Waals surface area contributed by atoms with Crippen LogP contribution in [0.5, 0.6) is 0 Å². The highest BCUT2D eigenvalue weighted by molar-refractivity contribution is 6.31. The topological polar surface area (TPSA) is 32.3 Å². The number of halogens is 2. The normalized spacial score (nSPS) is 15.0. The first kappa shape index (κ1) is 21.5. The van der Waals surface area contributed by atoms with Crippen LogP contribution in [0.15, 0.2) is 72.8 Å². The summed E-state index contributed by atoms with van der Waals surface area (Å²) in [5.74, 6) is 0.00811. The van der Waals surface area contributed by atoms with Crippen molar-refractivity contribution in [2.45, 2.75) is 25.8 Å². The quantitative estimate of drug-likeness (QED) is 0.500. The highest BCUT2D eigenvalue weighted by Crippen LogP contribution is 2.23. The fourth-order valence-electron chi connectivity index (χ4n) is 4.09. The molecule has 1 amide bonds. The Morgan fingerprint density at radius 2 is 1.68 bits per heavy atom. The second-order valence-corrected chi connectivity index (χ2v) is 8.60. The van der Waals surface area contributed by atoms with Crippen molar-refractivity contribution < 1.29 is 9.18 Å². The van der Waals surface area contributed by atoms with Gasteiger partial charge in [-0.1, -0.05) is 54.1 Å². The van der Waals surface area contributed by atoms with Crippen LogP contribution >= 0.6 is 11.6 Å². The minimum atomic E-state index is -0.506. The summed E-state index contributed by atoms with van der Waals surface area (Å²) in [6.45, 7) is 3.10. The van der Waals surface area contributed by atoms with Gasteiger partial charge in [-0.15, -0.1) is 0 Å². The summed E-state index contributed by atoms with van der Waals surface area (Å²) in [6.07, 6.45) is 3.60. The Kier molecular flexibility index (Phi) is 7.00. The summed E-state index contributed by atoms with van der Waals surface area (Å²) in [6, 6.07) is 22.5. The molecular weight excluding hydrogens is 411 g/mol. The largest absolute Gasteiger partial charge is 0.322 e. The van der Waals surface area contributed by atoms with E-state index in [2.05, 4.69) is 40.5 Å². The monoisotopic (exact) mass is 436 g/mol. The Bertz CT molecular complexity index is 1020. The van der Waals surface area contributed by atoms with Crippen LogP contribution in [0.3, 0.4) is 0 Å². The number of nitrogens with zero attached hydrogens (tertiary/aromatic N) is 1. The van der Waals surface area contributed by atoms with Gasteiger partial charge in [-0.05, 0) is 79.7 Å². The number of carbonyl (C=O) groups is 1. The molecule has 1 N–H and O–H groups in total. The van der Waals surface area contributed by atoms with Crippen molar-refractivity contribution in [3.05, 3.63) is 100 Å². The highest BCUT2D eigenvalue weighted by Gasteiger charge is 2.19. The maximum Gasteiger partial charge on any atom is 0.255 e. The fraction of sp³-hybridized carbons (Fsp3) is 0.269. The highest BCUT2D eigenvalue weighted by atomic mass is 35.5. The molecule has 1 aliphatic rings. The van der Waals surface area contributed by atoms with Crippen LogP contribution < -0.4 is 5.32 Å². The summed E-state index contributed by atoms with van der Waals surface area (Å²) in [7, 11) is 0. The van der Waals surface area contributed by atoms with Crippen LogP contribution in [-0.2, 0) is 13.0 Å². The van der Waals surface area contributed by atoms with Crippen molar-refractivity contribution in [1.82, 2.24) is 4.90 Å². The van der Waals surface area contributed by atoms with Gasteiger partial charge in [0.2, 0.25) is 0 Å². The summed E-state index contributed by atoms with van der Waals surface area (Å²) in [5.41, 5.74) is 3.66. The fourth-order valence-corrected chi connectivity index (χ4v) is 4.27. The summed E-state index contributed by atoms with van der Waals surface area (Å²) >= 11 is 5.78. The van der Waals surface area contributed by atoms with Gasteiger partial charge < -0.3 is 5.32 Å². The Balaban J connectivity index is 1.27. The van der Waals surface area contributed by atoms with Crippen LogP contribution in [-0.4, -0.2) is 23.9 Å².